The van der Waals surface area contributed by atoms with Crippen molar-refractivity contribution in [3.63, 3.8) is 0 Å². The summed E-state index contributed by atoms with van der Waals surface area (Å²) in [5, 5.41) is 0.408. The van der Waals surface area contributed by atoms with Crippen molar-refractivity contribution in [2.75, 3.05) is 51.3 Å². The number of likely N-dealkylation sites (N-methyl/N-ethyl adjacent to an activating group) is 2. The van der Waals surface area contributed by atoms with Gasteiger partial charge in [-0.1, -0.05) is 31.3 Å². The maximum atomic E-state index is 14.3. The standard InChI is InChI=1S/C26H33FN4O4S2.ClH/c1-4-30(5-2)15-16-31(26-28-24-22(27)9-6-10-23(24)36-26)25(32)19-11-13-21(14-12-19)37(33,34)29(3)18-20-8-7-17-35-20;/h6,9-14,20H,4-5,7-8,15-18H2,1-3H3;1H. The largest absolute Gasteiger partial charge is 0.377 e. The molecule has 1 atom stereocenters. The van der Waals surface area contributed by atoms with Crippen LogP contribution >= 0.6 is 23.7 Å². The maximum Gasteiger partial charge on any atom is 0.260 e. The zero-order chi connectivity index (χ0) is 26.6. The van der Waals surface area contributed by atoms with Gasteiger partial charge >= 0.3 is 0 Å². The first-order chi connectivity index (χ1) is 17.7. The second kappa shape index (κ2) is 13.3. The normalized spacial score (nSPS) is 15.8. The molecule has 12 heteroatoms. The summed E-state index contributed by atoms with van der Waals surface area (Å²) in [4.78, 5) is 21.9. The fourth-order valence-electron chi connectivity index (χ4n) is 4.36. The van der Waals surface area contributed by atoms with Crippen LogP contribution in [-0.4, -0.2) is 81.0 Å². The number of benzene rings is 2. The SMILES string of the molecule is CCN(CC)CCN(C(=O)c1ccc(S(=O)(=O)N(C)CC2CCCO2)cc1)c1nc2c(F)cccc2s1.Cl. The van der Waals surface area contributed by atoms with E-state index >= 15 is 0 Å². The number of aromatic nitrogens is 1. The van der Waals surface area contributed by atoms with Gasteiger partial charge in [-0.3, -0.25) is 9.69 Å². The lowest BCUT2D eigenvalue weighted by molar-refractivity contribution is 0.0978. The third-order valence-corrected chi connectivity index (χ3v) is 9.54. The lowest BCUT2D eigenvalue weighted by Gasteiger charge is -2.25. The summed E-state index contributed by atoms with van der Waals surface area (Å²) in [7, 11) is -2.18. The van der Waals surface area contributed by atoms with E-state index < -0.39 is 15.8 Å². The highest BCUT2D eigenvalue weighted by Crippen LogP contribution is 2.31. The first-order valence-corrected chi connectivity index (χ1v) is 14.8. The van der Waals surface area contributed by atoms with Gasteiger partial charge in [0.15, 0.2) is 5.13 Å². The highest BCUT2D eigenvalue weighted by molar-refractivity contribution is 7.89. The number of sulfonamides is 1. The fraction of sp³-hybridized carbons (Fsp3) is 0.462. The molecule has 1 fully saturated rings. The number of fused-ring (bicyclic) bond motifs is 1. The first kappa shape index (κ1) is 30.4. The molecule has 2 heterocycles. The van der Waals surface area contributed by atoms with Gasteiger partial charge in [-0.05, 0) is 62.3 Å². The van der Waals surface area contributed by atoms with Gasteiger partial charge in [-0.15, -0.1) is 12.4 Å². The Kier molecular flexibility index (Phi) is 10.6. The van der Waals surface area contributed by atoms with Crippen molar-refractivity contribution in [1.29, 1.82) is 0 Å². The summed E-state index contributed by atoms with van der Waals surface area (Å²) in [6.45, 7) is 7.70. The van der Waals surface area contributed by atoms with E-state index in [4.69, 9.17) is 4.74 Å². The van der Waals surface area contributed by atoms with E-state index in [0.29, 0.717) is 35.1 Å². The average Bonchev–Trinajstić information content (AvgIpc) is 3.57. The number of carbonyl (C=O) groups is 1. The molecule has 2 aromatic carbocycles. The van der Waals surface area contributed by atoms with Crippen LogP contribution in [0.3, 0.4) is 0 Å². The minimum absolute atomic E-state index is 0. The molecular weight excluding hydrogens is 551 g/mol. The van der Waals surface area contributed by atoms with Crippen LogP contribution in [0, 0.1) is 5.82 Å². The van der Waals surface area contributed by atoms with E-state index in [0.717, 1.165) is 25.9 Å². The minimum atomic E-state index is -3.72. The molecule has 0 N–H and O–H groups in total. The van der Waals surface area contributed by atoms with Crippen LogP contribution in [0.2, 0.25) is 0 Å². The van der Waals surface area contributed by atoms with Gasteiger partial charge in [-0.2, -0.15) is 4.31 Å². The van der Waals surface area contributed by atoms with Crippen molar-refractivity contribution in [1.82, 2.24) is 14.2 Å². The van der Waals surface area contributed by atoms with Crippen molar-refractivity contribution in [2.45, 2.75) is 37.7 Å². The van der Waals surface area contributed by atoms with Gasteiger partial charge in [0.05, 0.1) is 15.7 Å². The molecule has 1 aliphatic rings. The Morgan fingerprint density at radius 2 is 1.84 bits per heavy atom. The third-order valence-electron chi connectivity index (χ3n) is 6.66. The quantitative estimate of drug-likeness (QED) is 0.326. The summed E-state index contributed by atoms with van der Waals surface area (Å²) >= 11 is 1.26. The van der Waals surface area contributed by atoms with E-state index in [9.17, 15) is 17.6 Å². The molecule has 0 saturated carbocycles. The number of carbonyl (C=O) groups excluding carboxylic acids is 1. The van der Waals surface area contributed by atoms with Crippen molar-refractivity contribution in [3.8, 4) is 0 Å². The van der Waals surface area contributed by atoms with E-state index in [2.05, 4.69) is 23.7 Å². The second-order valence-corrected chi connectivity index (χ2v) is 12.1. The van der Waals surface area contributed by atoms with E-state index in [1.807, 2.05) is 0 Å². The van der Waals surface area contributed by atoms with Gasteiger partial charge in [0, 0.05) is 38.9 Å². The number of halogens is 2. The maximum absolute atomic E-state index is 14.3. The van der Waals surface area contributed by atoms with Crippen LogP contribution in [0.25, 0.3) is 10.2 Å². The topological polar surface area (TPSA) is 83.1 Å². The summed E-state index contributed by atoms with van der Waals surface area (Å²) < 4.78 is 48.0. The smallest absolute Gasteiger partial charge is 0.260 e. The molecule has 1 unspecified atom stereocenters. The molecule has 8 nitrogen and oxygen atoms in total. The number of thiazole rings is 1. The summed E-state index contributed by atoms with van der Waals surface area (Å²) in [5.41, 5.74) is 0.568. The minimum Gasteiger partial charge on any atom is -0.377 e. The first-order valence-electron chi connectivity index (χ1n) is 12.5. The zero-order valence-corrected chi connectivity index (χ0v) is 24.2. The molecule has 0 radical (unpaired) electrons. The molecule has 0 spiro atoms. The molecule has 0 bridgehead atoms. The summed E-state index contributed by atoms with van der Waals surface area (Å²) in [6, 6.07) is 10.7. The second-order valence-electron chi connectivity index (χ2n) is 9.01. The van der Waals surface area contributed by atoms with Gasteiger partial charge in [0.1, 0.15) is 11.3 Å². The van der Waals surface area contributed by atoms with Crippen LogP contribution in [-0.2, 0) is 14.8 Å². The summed E-state index contributed by atoms with van der Waals surface area (Å²) in [5.74, 6) is -0.749. The lowest BCUT2D eigenvalue weighted by atomic mass is 10.2. The van der Waals surface area contributed by atoms with Gasteiger partial charge in [0.2, 0.25) is 10.0 Å². The molecule has 3 aromatic rings. The number of hydrogen-bond acceptors (Lipinski definition) is 7. The van der Waals surface area contributed by atoms with Gasteiger partial charge < -0.3 is 9.64 Å². The highest BCUT2D eigenvalue weighted by atomic mass is 35.5. The Bertz CT molecular complexity index is 1330. The zero-order valence-electron chi connectivity index (χ0n) is 21.8. The predicted molar refractivity (Wildman–Crippen MR) is 152 cm³/mol. The van der Waals surface area contributed by atoms with Gasteiger partial charge in [0.25, 0.3) is 5.91 Å². The Hall–Kier alpha value is -2.15. The molecule has 1 aromatic heterocycles. The Balaban J connectivity index is 0.00000400. The van der Waals surface area contributed by atoms with Crippen molar-refractivity contribution >= 4 is 55.0 Å². The highest BCUT2D eigenvalue weighted by Gasteiger charge is 2.27. The van der Waals surface area contributed by atoms with Gasteiger partial charge in [-0.25, -0.2) is 17.8 Å². The Labute approximate surface area is 233 Å². The molecule has 0 aliphatic carbocycles. The Morgan fingerprint density at radius 1 is 1.13 bits per heavy atom. The number of nitrogens with zero attached hydrogens (tertiary/aromatic N) is 4. The lowest BCUT2D eigenvalue weighted by Crippen LogP contribution is -2.39. The molecule has 1 aliphatic heterocycles. The molecule has 1 saturated heterocycles. The monoisotopic (exact) mass is 584 g/mol. The summed E-state index contributed by atoms with van der Waals surface area (Å²) in [6.07, 6.45) is 1.67. The number of ether oxygens (including phenoxy) is 1. The van der Waals surface area contributed by atoms with Crippen LogP contribution in [0.4, 0.5) is 9.52 Å². The average molecular weight is 585 g/mol. The van der Waals surface area contributed by atoms with Crippen LogP contribution in [0.1, 0.15) is 37.0 Å². The third kappa shape index (κ3) is 6.70. The van der Waals surface area contributed by atoms with E-state index in [1.165, 1.54) is 53.0 Å². The molecule has 1 amide bonds. The number of rotatable bonds is 11. The number of amides is 1. The number of hydrogen-bond donors (Lipinski definition) is 0. The van der Waals surface area contributed by atoms with Crippen molar-refractivity contribution in [2.24, 2.45) is 0 Å². The van der Waals surface area contributed by atoms with E-state index in [-0.39, 0.29) is 41.4 Å². The molecule has 4 rings (SSSR count). The Morgan fingerprint density at radius 3 is 2.45 bits per heavy atom. The van der Waals surface area contributed by atoms with Crippen LogP contribution in [0.15, 0.2) is 47.4 Å². The number of para-hydroxylation sites is 1. The molecule has 38 heavy (non-hydrogen) atoms. The molecular formula is C26H34ClFN4O4S2. The number of anilines is 1. The van der Waals surface area contributed by atoms with Crippen molar-refractivity contribution < 1.29 is 22.3 Å². The van der Waals surface area contributed by atoms with Crippen LogP contribution < -0.4 is 4.90 Å². The van der Waals surface area contributed by atoms with E-state index in [1.54, 1.807) is 17.0 Å². The molecule has 208 valence electrons. The van der Waals surface area contributed by atoms with Crippen LogP contribution in [0.5, 0.6) is 0 Å². The van der Waals surface area contributed by atoms with Crippen molar-refractivity contribution in [3.05, 3.63) is 53.8 Å². The fourth-order valence-corrected chi connectivity index (χ4v) is 6.57. The predicted octanol–water partition coefficient (Wildman–Crippen LogP) is 4.65.